The van der Waals surface area contributed by atoms with Crippen LogP contribution in [0.5, 0.6) is 5.75 Å². The van der Waals surface area contributed by atoms with Crippen molar-refractivity contribution in [2.45, 2.75) is 38.1 Å². The number of rotatable bonds is 6. The van der Waals surface area contributed by atoms with Crippen molar-refractivity contribution < 1.29 is 18.7 Å². The Morgan fingerprint density at radius 1 is 1.12 bits per heavy atom. The summed E-state index contributed by atoms with van der Waals surface area (Å²) >= 11 is 6.10. The van der Waals surface area contributed by atoms with Gasteiger partial charge in [-0.05, 0) is 87.2 Å². The van der Waals surface area contributed by atoms with Crippen LogP contribution in [-0.2, 0) is 4.79 Å². The molecule has 34 heavy (non-hydrogen) atoms. The molecule has 3 unspecified atom stereocenters. The van der Waals surface area contributed by atoms with E-state index in [-0.39, 0.29) is 41.3 Å². The van der Waals surface area contributed by atoms with E-state index in [1.165, 1.54) is 24.3 Å². The van der Waals surface area contributed by atoms with E-state index in [0.717, 1.165) is 31.5 Å². The minimum atomic E-state index is -0.581. The van der Waals surface area contributed by atoms with E-state index < -0.39 is 6.09 Å². The fourth-order valence-electron chi connectivity index (χ4n) is 5.06. The van der Waals surface area contributed by atoms with Crippen LogP contribution in [0.1, 0.15) is 37.7 Å². The zero-order valence-corrected chi connectivity index (χ0v) is 20.1. The van der Waals surface area contributed by atoms with Crippen LogP contribution >= 0.6 is 11.6 Å². The van der Waals surface area contributed by atoms with Crippen molar-refractivity contribution in [1.29, 1.82) is 0 Å². The second-order valence-corrected chi connectivity index (χ2v) is 9.75. The average Bonchev–Trinajstić information content (AvgIpc) is 3.24. The predicted octanol–water partition coefficient (Wildman–Crippen LogP) is 4.59. The fourth-order valence-corrected chi connectivity index (χ4v) is 5.18. The number of carbonyl (C=O) groups is 2. The summed E-state index contributed by atoms with van der Waals surface area (Å²) in [5.41, 5.74) is 1.15. The molecule has 4 rings (SSSR count). The Kier molecular flexibility index (Phi) is 8.06. The fraction of sp³-hybridized carbons (Fsp3) is 0.462. The third kappa shape index (κ3) is 6.27. The van der Waals surface area contributed by atoms with E-state index in [9.17, 15) is 14.0 Å². The topological polar surface area (TPSA) is 70.7 Å². The zero-order chi connectivity index (χ0) is 24.1. The normalized spacial score (nSPS) is 21.8. The lowest BCUT2D eigenvalue weighted by atomic mass is 9.85. The Bertz CT molecular complexity index is 980. The molecule has 182 valence electrons. The van der Waals surface area contributed by atoms with Crippen LogP contribution in [0.15, 0.2) is 48.5 Å². The molecule has 2 aromatic rings. The molecular formula is C26H31ClFN3O3. The van der Waals surface area contributed by atoms with Crippen LogP contribution < -0.4 is 15.4 Å². The highest BCUT2D eigenvalue weighted by Gasteiger charge is 2.39. The maximum absolute atomic E-state index is 13.2. The Hall–Kier alpha value is -2.64. The molecular weight excluding hydrogens is 457 g/mol. The summed E-state index contributed by atoms with van der Waals surface area (Å²) in [4.78, 5) is 27.6. The highest BCUT2D eigenvalue weighted by atomic mass is 35.5. The van der Waals surface area contributed by atoms with Crippen LogP contribution in [-0.4, -0.2) is 49.1 Å². The first kappa shape index (κ1) is 24.5. The van der Waals surface area contributed by atoms with Crippen molar-refractivity contribution >= 4 is 23.6 Å². The molecule has 3 atom stereocenters. The van der Waals surface area contributed by atoms with Gasteiger partial charge in [-0.3, -0.25) is 4.79 Å². The van der Waals surface area contributed by atoms with Crippen LogP contribution in [0.2, 0.25) is 5.02 Å². The van der Waals surface area contributed by atoms with Crippen molar-refractivity contribution in [3.8, 4) is 5.75 Å². The van der Waals surface area contributed by atoms with Gasteiger partial charge in [0.15, 0.2) is 0 Å². The molecule has 2 aliphatic heterocycles. The number of nitrogens with zero attached hydrogens (tertiary/aromatic N) is 1. The van der Waals surface area contributed by atoms with Crippen molar-refractivity contribution in [3.05, 3.63) is 64.9 Å². The van der Waals surface area contributed by atoms with Crippen molar-refractivity contribution in [1.82, 2.24) is 15.5 Å². The van der Waals surface area contributed by atoms with Crippen LogP contribution in [0.4, 0.5) is 9.18 Å². The number of piperidine rings is 1. The molecule has 0 spiro atoms. The lowest BCUT2D eigenvalue weighted by Crippen LogP contribution is -2.40. The molecule has 0 aliphatic carbocycles. The van der Waals surface area contributed by atoms with Gasteiger partial charge < -0.3 is 20.3 Å². The third-order valence-corrected chi connectivity index (χ3v) is 7.04. The van der Waals surface area contributed by atoms with Gasteiger partial charge in [-0.25, -0.2) is 9.18 Å². The monoisotopic (exact) mass is 487 g/mol. The summed E-state index contributed by atoms with van der Waals surface area (Å²) in [7, 11) is 0. The molecule has 2 amide bonds. The Morgan fingerprint density at radius 2 is 1.79 bits per heavy atom. The van der Waals surface area contributed by atoms with Crippen molar-refractivity contribution in [2.24, 2.45) is 11.8 Å². The second-order valence-electron chi connectivity index (χ2n) is 9.31. The molecule has 8 heteroatoms. The first-order valence-electron chi connectivity index (χ1n) is 11.9. The molecule has 2 fully saturated rings. The highest BCUT2D eigenvalue weighted by Crippen LogP contribution is 2.37. The van der Waals surface area contributed by atoms with Gasteiger partial charge >= 0.3 is 6.09 Å². The van der Waals surface area contributed by atoms with E-state index in [4.69, 9.17) is 16.3 Å². The zero-order valence-electron chi connectivity index (χ0n) is 19.3. The Morgan fingerprint density at radius 3 is 2.47 bits per heavy atom. The lowest BCUT2D eigenvalue weighted by Gasteiger charge is -2.27. The molecule has 0 radical (unpaired) electrons. The number of amides is 2. The first-order valence-corrected chi connectivity index (χ1v) is 12.3. The number of hydrogen-bond acceptors (Lipinski definition) is 4. The van der Waals surface area contributed by atoms with Crippen molar-refractivity contribution in [3.63, 3.8) is 0 Å². The number of ether oxygens (including phenoxy) is 1. The Balaban J connectivity index is 1.41. The number of carbonyl (C=O) groups excluding carboxylic acids is 2. The van der Waals surface area contributed by atoms with E-state index in [1.807, 2.05) is 36.1 Å². The van der Waals surface area contributed by atoms with Gasteiger partial charge in [0.05, 0.1) is 0 Å². The summed E-state index contributed by atoms with van der Waals surface area (Å²) in [5.74, 6) is 0.559. The molecule has 2 heterocycles. The van der Waals surface area contributed by atoms with Crippen LogP contribution in [0.3, 0.4) is 0 Å². The molecule has 6 nitrogen and oxygen atoms in total. The van der Waals surface area contributed by atoms with Gasteiger partial charge in [0.1, 0.15) is 11.6 Å². The van der Waals surface area contributed by atoms with Gasteiger partial charge in [-0.15, -0.1) is 0 Å². The summed E-state index contributed by atoms with van der Waals surface area (Å²) in [6.07, 6.45) is 1.86. The summed E-state index contributed by atoms with van der Waals surface area (Å²) in [6.45, 7) is 5.02. The van der Waals surface area contributed by atoms with E-state index >= 15 is 0 Å². The van der Waals surface area contributed by atoms with E-state index in [2.05, 4.69) is 10.6 Å². The van der Waals surface area contributed by atoms with Gasteiger partial charge in [0.2, 0.25) is 5.91 Å². The maximum Gasteiger partial charge on any atom is 0.412 e. The smallest absolute Gasteiger partial charge is 0.410 e. The Labute approximate surface area is 204 Å². The van der Waals surface area contributed by atoms with E-state index in [0.29, 0.717) is 24.5 Å². The number of halogens is 2. The van der Waals surface area contributed by atoms with Crippen molar-refractivity contribution in [2.75, 3.05) is 26.2 Å². The van der Waals surface area contributed by atoms with E-state index in [1.54, 1.807) is 0 Å². The minimum absolute atomic E-state index is 0.0760. The predicted molar refractivity (Wildman–Crippen MR) is 129 cm³/mol. The molecule has 0 aromatic heterocycles. The number of likely N-dealkylation sites (tertiary alicyclic amines) is 1. The molecule has 0 saturated carbocycles. The van der Waals surface area contributed by atoms with Gasteiger partial charge in [-0.2, -0.15) is 0 Å². The SMILES string of the molecule is CC(CC1CN(C(=O)C2CCNCC2)CC1c1ccc(Cl)cc1)NC(=O)Oc1ccc(F)cc1. The van der Waals surface area contributed by atoms with Gasteiger partial charge in [0, 0.05) is 36.0 Å². The molecule has 2 aliphatic rings. The molecule has 0 bridgehead atoms. The molecule has 2 saturated heterocycles. The molecule has 2 N–H and O–H groups in total. The van der Waals surface area contributed by atoms with Crippen LogP contribution in [0.25, 0.3) is 0 Å². The van der Waals surface area contributed by atoms with Gasteiger partial charge in [-0.1, -0.05) is 23.7 Å². The second kappa shape index (κ2) is 11.2. The molecule has 2 aromatic carbocycles. The minimum Gasteiger partial charge on any atom is -0.410 e. The largest absolute Gasteiger partial charge is 0.412 e. The van der Waals surface area contributed by atoms with Gasteiger partial charge in [0.25, 0.3) is 0 Å². The quantitative estimate of drug-likeness (QED) is 0.625. The standard InChI is InChI=1S/C26H31ClFN3O3/c1-17(30-26(33)34-23-8-6-22(28)7-9-23)14-20-15-31(25(32)19-10-12-29-13-11-19)16-24(20)18-2-4-21(27)5-3-18/h2-9,17,19-20,24,29H,10-16H2,1H3,(H,30,33). The summed E-state index contributed by atoms with van der Waals surface area (Å²) in [6, 6.07) is 13.0. The number of hydrogen-bond donors (Lipinski definition) is 2. The summed E-state index contributed by atoms with van der Waals surface area (Å²) < 4.78 is 18.3. The number of benzene rings is 2. The average molecular weight is 488 g/mol. The third-order valence-electron chi connectivity index (χ3n) is 6.78. The number of nitrogens with one attached hydrogen (secondary N) is 2. The highest BCUT2D eigenvalue weighted by molar-refractivity contribution is 6.30. The summed E-state index contributed by atoms with van der Waals surface area (Å²) in [5, 5.41) is 6.87. The maximum atomic E-state index is 13.2. The first-order chi connectivity index (χ1) is 16.4. The van der Waals surface area contributed by atoms with Crippen LogP contribution in [0, 0.1) is 17.7 Å². The lowest BCUT2D eigenvalue weighted by molar-refractivity contribution is -0.135.